The van der Waals surface area contributed by atoms with Crippen LogP contribution in [0.2, 0.25) is 5.02 Å². The van der Waals surface area contributed by atoms with Crippen LogP contribution in [0.4, 0.5) is 17.1 Å². The van der Waals surface area contributed by atoms with E-state index in [0.29, 0.717) is 22.1 Å². The minimum atomic E-state index is -4.12. The number of fused-ring (bicyclic) bond motifs is 1. The maximum absolute atomic E-state index is 13.5. The van der Waals surface area contributed by atoms with E-state index in [-0.39, 0.29) is 4.90 Å². The van der Waals surface area contributed by atoms with Crippen LogP contribution in [0, 0.1) is 0 Å². The van der Waals surface area contributed by atoms with Gasteiger partial charge in [-0.25, -0.2) is 8.42 Å². The average Bonchev–Trinajstić information content (AvgIpc) is 2.76. The molecule has 2 N–H and O–H groups in total. The normalized spacial score (nSPS) is 15.7. The van der Waals surface area contributed by atoms with Gasteiger partial charge in [-0.05, 0) is 36.4 Å². The summed E-state index contributed by atoms with van der Waals surface area (Å²) < 4.78 is 28.0. The fourth-order valence-electron chi connectivity index (χ4n) is 3.38. The van der Waals surface area contributed by atoms with Crippen molar-refractivity contribution < 1.29 is 18.0 Å². The lowest BCUT2D eigenvalue weighted by molar-refractivity contribution is -0.122. The van der Waals surface area contributed by atoms with Gasteiger partial charge in [0.1, 0.15) is 6.04 Å². The number of hydrogen-bond donors (Lipinski definition) is 2. The highest BCUT2D eigenvalue weighted by Gasteiger charge is 2.41. The molecule has 0 saturated carbocycles. The Morgan fingerprint density at radius 2 is 1.61 bits per heavy atom. The summed E-state index contributed by atoms with van der Waals surface area (Å²) in [5.41, 5.74) is 1.03. The summed E-state index contributed by atoms with van der Waals surface area (Å²) in [4.78, 5) is 25.6. The lowest BCUT2D eigenvalue weighted by atomic mass is 10.1. The number of carbonyl (C=O) groups excluding carboxylic acids is 2. The third-order valence-electron chi connectivity index (χ3n) is 4.81. The van der Waals surface area contributed by atoms with E-state index in [9.17, 15) is 18.0 Å². The van der Waals surface area contributed by atoms with Crippen LogP contribution >= 0.6 is 11.6 Å². The highest BCUT2D eigenvalue weighted by molar-refractivity contribution is 7.93. The monoisotopic (exact) mass is 455 g/mol. The minimum Gasteiger partial charge on any atom is -0.325 e. The average molecular weight is 456 g/mol. The molecule has 0 saturated heterocycles. The van der Waals surface area contributed by atoms with Gasteiger partial charge in [-0.1, -0.05) is 54.1 Å². The van der Waals surface area contributed by atoms with E-state index in [1.165, 1.54) is 12.1 Å². The molecule has 1 aliphatic rings. The first kappa shape index (κ1) is 20.9. The molecule has 3 aromatic carbocycles. The van der Waals surface area contributed by atoms with Crippen LogP contribution in [0.5, 0.6) is 0 Å². The zero-order chi connectivity index (χ0) is 22.0. The van der Waals surface area contributed by atoms with Crippen LogP contribution < -0.4 is 14.9 Å². The van der Waals surface area contributed by atoms with Crippen molar-refractivity contribution in [3.8, 4) is 0 Å². The van der Waals surface area contributed by atoms with Crippen LogP contribution in [0.3, 0.4) is 0 Å². The second-order valence-corrected chi connectivity index (χ2v) is 9.09. The number of benzene rings is 3. The molecule has 1 heterocycles. The van der Waals surface area contributed by atoms with Gasteiger partial charge in [0.15, 0.2) is 0 Å². The predicted molar refractivity (Wildman–Crippen MR) is 120 cm³/mol. The second kappa shape index (κ2) is 8.41. The number of para-hydroxylation sites is 3. The quantitative estimate of drug-likeness (QED) is 0.610. The molecule has 0 spiro atoms. The molecule has 0 fully saturated rings. The van der Waals surface area contributed by atoms with E-state index in [4.69, 9.17) is 11.6 Å². The molecule has 7 nitrogen and oxygen atoms in total. The molecular weight excluding hydrogens is 438 g/mol. The zero-order valence-electron chi connectivity index (χ0n) is 16.2. The highest BCUT2D eigenvalue weighted by Crippen LogP contribution is 2.37. The number of nitrogens with one attached hydrogen (secondary N) is 2. The van der Waals surface area contributed by atoms with E-state index in [1.807, 2.05) is 0 Å². The number of carbonyl (C=O) groups is 2. The summed E-state index contributed by atoms with van der Waals surface area (Å²) in [7, 11) is -4.12. The van der Waals surface area contributed by atoms with Gasteiger partial charge in [0.2, 0.25) is 11.8 Å². The van der Waals surface area contributed by atoms with Gasteiger partial charge in [0, 0.05) is 0 Å². The van der Waals surface area contributed by atoms with Crippen molar-refractivity contribution >= 4 is 50.5 Å². The molecule has 1 aliphatic heterocycles. The fraction of sp³-hybridized carbons (Fsp3) is 0.0909. The van der Waals surface area contributed by atoms with Gasteiger partial charge in [-0.15, -0.1) is 0 Å². The predicted octanol–water partition coefficient (Wildman–Crippen LogP) is 3.88. The van der Waals surface area contributed by atoms with Gasteiger partial charge in [0.05, 0.1) is 33.4 Å². The van der Waals surface area contributed by atoms with Gasteiger partial charge in [-0.2, -0.15) is 0 Å². The first-order valence-electron chi connectivity index (χ1n) is 9.41. The van der Waals surface area contributed by atoms with Crippen molar-refractivity contribution in [3.63, 3.8) is 0 Å². The molecule has 31 heavy (non-hydrogen) atoms. The summed E-state index contributed by atoms with van der Waals surface area (Å²) in [6, 6.07) is 19.8. The molecule has 0 aromatic heterocycles. The van der Waals surface area contributed by atoms with Crippen LogP contribution in [0.1, 0.15) is 6.42 Å². The minimum absolute atomic E-state index is 0.0241. The van der Waals surface area contributed by atoms with E-state index in [1.54, 1.807) is 66.7 Å². The Kier molecular flexibility index (Phi) is 5.67. The van der Waals surface area contributed by atoms with Crippen molar-refractivity contribution in [2.75, 3.05) is 14.9 Å². The molecule has 2 amide bonds. The molecule has 1 atom stereocenters. The van der Waals surface area contributed by atoms with Crippen molar-refractivity contribution in [3.05, 3.63) is 83.9 Å². The number of nitrogens with zero attached hydrogens (tertiary/aromatic N) is 1. The Labute approximate surface area is 184 Å². The van der Waals surface area contributed by atoms with Crippen molar-refractivity contribution in [2.24, 2.45) is 0 Å². The number of rotatable bonds is 5. The molecule has 0 aliphatic carbocycles. The van der Waals surface area contributed by atoms with Crippen LogP contribution in [0.15, 0.2) is 83.8 Å². The summed E-state index contributed by atoms with van der Waals surface area (Å²) in [6.07, 6.45) is -0.391. The number of halogens is 1. The summed E-state index contributed by atoms with van der Waals surface area (Å²) in [5, 5.41) is 5.67. The SMILES string of the molecule is O=C(CC1C(=O)Nc2ccccc2N1S(=O)(=O)c1ccccc1)Nc1ccccc1Cl. The van der Waals surface area contributed by atoms with Crippen molar-refractivity contribution in [1.82, 2.24) is 0 Å². The molecule has 0 radical (unpaired) electrons. The lowest BCUT2D eigenvalue weighted by Crippen LogP contribution is -2.52. The smallest absolute Gasteiger partial charge is 0.265 e. The molecule has 1 unspecified atom stereocenters. The Morgan fingerprint density at radius 1 is 0.968 bits per heavy atom. The van der Waals surface area contributed by atoms with Gasteiger partial charge in [-0.3, -0.25) is 13.9 Å². The third kappa shape index (κ3) is 4.12. The number of hydrogen-bond acceptors (Lipinski definition) is 4. The third-order valence-corrected chi connectivity index (χ3v) is 6.98. The Balaban J connectivity index is 1.72. The molecule has 3 aromatic rings. The van der Waals surface area contributed by atoms with Crippen molar-refractivity contribution in [1.29, 1.82) is 0 Å². The summed E-state index contributed by atoms with van der Waals surface area (Å²) >= 11 is 6.09. The Morgan fingerprint density at radius 3 is 2.35 bits per heavy atom. The van der Waals surface area contributed by atoms with E-state index < -0.39 is 34.3 Å². The first-order chi connectivity index (χ1) is 14.9. The molecular formula is C22H18ClN3O4S. The zero-order valence-corrected chi connectivity index (χ0v) is 17.7. The van der Waals surface area contributed by atoms with Gasteiger partial charge < -0.3 is 10.6 Å². The Bertz CT molecular complexity index is 1250. The fourth-order valence-corrected chi connectivity index (χ4v) is 5.21. The van der Waals surface area contributed by atoms with Crippen LogP contribution in [-0.2, 0) is 19.6 Å². The first-order valence-corrected chi connectivity index (χ1v) is 11.2. The summed E-state index contributed by atoms with van der Waals surface area (Å²) in [6.45, 7) is 0. The van der Waals surface area contributed by atoms with E-state index in [0.717, 1.165) is 4.31 Å². The number of sulfonamides is 1. The van der Waals surface area contributed by atoms with E-state index >= 15 is 0 Å². The topological polar surface area (TPSA) is 95.6 Å². The molecule has 9 heteroatoms. The van der Waals surface area contributed by atoms with E-state index in [2.05, 4.69) is 10.6 Å². The largest absolute Gasteiger partial charge is 0.325 e. The molecule has 158 valence electrons. The van der Waals surface area contributed by atoms with Crippen molar-refractivity contribution in [2.45, 2.75) is 17.4 Å². The number of anilines is 3. The second-order valence-electron chi connectivity index (χ2n) is 6.87. The standard InChI is InChI=1S/C22H18ClN3O4S/c23-16-10-4-5-11-17(16)24-21(27)14-20-22(28)25-18-12-6-7-13-19(18)26(20)31(29,30)15-8-2-1-3-9-15/h1-13,20H,14H2,(H,24,27)(H,25,28). The molecule has 4 rings (SSSR count). The Hall–Kier alpha value is -3.36. The summed E-state index contributed by atoms with van der Waals surface area (Å²) in [5.74, 6) is -1.13. The maximum atomic E-state index is 13.5. The number of amides is 2. The maximum Gasteiger partial charge on any atom is 0.265 e. The molecule has 0 bridgehead atoms. The van der Waals surface area contributed by atoms with Gasteiger partial charge in [0.25, 0.3) is 10.0 Å². The van der Waals surface area contributed by atoms with Gasteiger partial charge >= 0.3 is 0 Å². The highest BCUT2D eigenvalue weighted by atomic mass is 35.5. The van der Waals surface area contributed by atoms with Crippen LogP contribution in [-0.4, -0.2) is 26.3 Å². The van der Waals surface area contributed by atoms with Crippen LogP contribution in [0.25, 0.3) is 0 Å². The lowest BCUT2D eigenvalue weighted by Gasteiger charge is -2.36.